The first-order valence-electron chi connectivity index (χ1n) is 9.22. The second-order valence-corrected chi connectivity index (χ2v) is 10.3. The number of thiazole rings is 2. The normalized spacial score (nSPS) is 12.0. The summed E-state index contributed by atoms with van der Waals surface area (Å²) in [4.78, 5) is 26.0. The first-order chi connectivity index (χ1) is 15.4. The maximum atomic E-state index is 13.2. The summed E-state index contributed by atoms with van der Waals surface area (Å²) in [6.45, 7) is 0.383. The van der Waals surface area contributed by atoms with Gasteiger partial charge in [0.05, 0.1) is 16.8 Å². The number of nitrogens with zero attached hydrogens (tertiary/aromatic N) is 3. The van der Waals surface area contributed by atoms with Gasteiger partial charge in [0.2, 0.25) is 0 Å². The second-order valence-electron chi connectivity index (χ2n) is 6.25. The summed E-state index contributed by atoms with van der Waals surface area (Å²) in [7, 11) is -1.99. The van der Waals surface area contributed by atoms with Gasteiger partial charge >= 0.3 is 0 Å². The first kappa shape index (κ1) is 23.9. The Kier molecular flexibility index (Phi) is 8.39. The lowest BCUT2D eigenvalue weighted by Gasteiger charge is -2.08. The van der Waals surface area contributed by atoms with Crippen LogP contribution in [0.3, 0.4) is 0 Å². The minimum absolute atomic E-state index is 0.0479. The van der Waals surface area contributed by atoms with E-state index in [1.807, 2.05) is 0 Å². The largest absolute Gasteiger partial charge is 0.388 e. The number of anilines is 1. The highest BCUT2D eigenvalue weighted by Gasteiger charge is 2.20. The van der Waals surface area contributed by atoms with Crippen LogP contribution in [0.4, 0.5) is 9.52 Å². The lowest BCUT2D eigenvalue weighted by Crippen LogP contribution is -2.24. The Balaban J connectivity index is 1.80. The number of methoxy groups -OCH3 is 1. The lowest BCUT2D eigenvalue weighted by atomic mass is 10.1. The Morgan fingerprint density at radius 2 is 2.03 bits per heavy atom. The number of carbonyl (C=O) groups is 1. The molecule has 0 unspecified atom stereocenters. The average molecular weight is 499 g/mol. The lowest BCUT2D eigenvalue weighted by molar-refractivity contribution is -0.110. The average Bonchev–Trinajstić information content (AvgIpc) is 3.43. The molecule has 3 aromatic rings. The summed E-state index contributed by atoms with van der Waals surface area (Å²) in [5.74, 6) is -0.747. The van der Waals surface area contributed by atoms with E-state index in [0.717, 1.165) is 6.20 Å². The van der Waals surface area contributed by atoms with Crippen molar-refractivity contribution in [3.05, 3.63) is 57.7 Å². The Bertz CT molecular complexity index is 1160. The van der Waals surface area contributed by atoms with Crippen molar-refractivity contribution in [2.45, 2.75) is 17.9 Å². The molecule has 0 aliphatic carbocycles. The number of rotatable bonds is 11. The molecule has 0 aliphatic rings. The van der Waals surface area contributed by atoms with Crippen molar-refractivity contribution in [2.75, 3.05) is 24.8 Å². The van der Waals surface area contributed by atoms with Crippen molar-refractivity contribution < 1.29 is 27.2 Å². The molecule has 3 rings (SSSR count). The number of benzene rings is 1. The molecule has 0 fully saturated rings. The molecule has 0 bridgehead atoms. The third-order valence-corrected chi connectivity index (χ3v) is 7.26. The van der Waals surface area contributed by atoms with Crippen LogP contribution >= 0.6 is 22.7 Å². The van der Waals surface area contributed by atoms with E-state index in [9.17, 15) is 17.6 Å². The summed E-state index contributed by atoms with van der Waals surface area (Å²) < 4.78 is 43.0. The van der Waals surface area contributed by atoms with Gasteiger partial charge in [-0.15, -0.1) is 11.3 Å². The fourth-order valence-electron chi connectivity index (χ4n) is 2.50. The predicted molar refractivity (Wildman–Crippen MR) is 119 cm³/mol. The molecular weight excluding hydrogens is 479 g/mol. The molecule has 0 aliphatic heterocycles. The molecule has 0 spiro atoms. The van der Waals surface area contributed by atoms with Gasteiger partial charge in [-0.1, -0.05) is 28.6 Å². The van der Waals surface area contributed by atoms with E-state index in [-0.39, 0.29) is 28.1 Å². The minimum atomic E-state index is -3.50. The van der Waals surface area contributed by atoms with Gasteiger partial charge in [0, 0.05) is 30.9 Å². The van der Waals surface area contributed by atoms with Crippen molar-refractivity contribution in [1.29, 1.82) is 0 Å². The molecule has 0 atom stereocenters. The molecule has 2 heterocycles. The number of aromatic nitrogens is 2. The smallest absolute Gasteiger partial charge is 0.280 e. The maximum Gasteiger partial charge on any atom is 0.280 e. The van der Waals surface area contributed by atoms with E-state index in [1.54, 1.807) is 11.6 Å². The number of hydrogen-bond acceptors (Lipinski definition) is 10. The Hall–Kier alpha value is -2.74. The van der Waals surface area contributed by atoms with Gasteiger partial charge in [-0.05, 0) is 18.6 Å². The molecular formula is C19H19FN4O5S3. The molecule has 1 amide bonds. The number of carbonyl (C=O) groups excluding carboxylic acids is 1. The molecule has 0 saturated heterocycles. The summed E-state index contributed by atoms with van der Waals surface area (Å²) in [6.07, 6.45) is 2.97. The van der Waals surface area contributed by atoms with Crippen LogP contribution in [0.25, 0.3) is 0 Å². The van der Waals surface area contributed by atoms with Crippen molar-refractivity contribution in [2.24, 2.45) is 5.16 Å². The first-order valence-corrected chi connectivity index (χ1v) is 12.6. The maximum absolute atomic E-state index is 13.2. The van der Waals surface area contributed by atoms with Gasteiger partial charge in [-0.2, -0.15) is 4.39 Å². The zero-order valence-corrected chi connectivity index (χ0v) is 19.3. The second kappa shape index (κ2) is 11.2. The van der Waals surface area contributed by atoms with Gasteiger partial charge in [0.25, 0.3) is 5.91 Å². The predicted octanol–water partition coefficient (Wildman–Crippen LogP) is 3.11. The highest BCUT2D eigenvalue weighted by atomic mass is 32.2. The fraction of sp³-hybridized carbons (Fsp3) is 0.263. The van der Waals surface area contributed by atoms with Gasteiger partial charge in [0.15, 0.2) is 32.4 Å². The Morgan fingerprint density at radius 3 is 2.66 bits per heavy atom. The van der Waals surface area contributed by atoms with Crippen molar-refractivity contribution in [3.8, 4) is 0 Å². The molecule has 1 aromatic carbocycles. The van der Waals surface area contributed by atoms with E-state index in [1.165, 1.54) is 42.7 Å². The number of hydrogen-bond donors (Lipinski definition) is 1. The van der Waals surface area contributed by atoms with E-state index in [2.05, 4.69) is 20.4 Å². The molecule has 32 heavy (non-hydrogen) atoms. The number of sulfone groups is 1. The van der Waals surface area contributed by atoms with Crippen LogP contribution in [0.2, 0.25) is 0 Å². The molecule has 0 saturated carbocycles. The van der Waals surface area contributed by atoms with Gasteiger partial charge in [0.1, 0.15) is 5.01 Å². The molecule has 0 radical (unpaired) electrons. The zero-order chi connectivity index (χ0) is 23.0. The molecule has 1 N–H and O–H groups in total. The number of halogens is 1. The van der Waals surface area contributed by atoms with Crippen LogP contribution in [0.5, 0.6) is 0 Å². The van der Waals surface area contributed by atoms with Gasteiger partial charge in [-0.25, -0.2) is 18.4 Å². The quantitative estimate of drug-likeness (QED) is 0.245. The van der Waals surface area contributed by atoms with E-state index >= 15 is 0 Å². The van der Waals surface area contributed by atoms with E-state index in [4.69, 9.17) is 9.57 Å². The van der Waals surface area contributed by atoms with E-state index < -0.39 is 20.9 Å². The summed E-state index contributed by atoms with van der Waals surface area (Å²) in [5, 5.41) is 8.31. The number of oxime groups is 1. The summed E-state index contributed by atoms with van der Waals surface area (Å²) in [6, 6.07) is 5.70. The van der Waals surface area contributed by atoms with Crippen LogP contribution < -0.4 is 5.32 Å². The van der Waals surface area contributed by atoms with Crippen LogP contribution in [-0.4, -0.2) is 49.5 Å². The molecule has 9 nitrogen and oxygen atoms in total. The Morgan fingerprint density at radius 1 is 1.25 bits per heavy atom. The van der Waals surface area contributed by atoms with Crippen molar-refractivity contribution >= 4 is 49.3 Å². The highest BCUT2D eigenvalue weighted by molar-refractivity contribution is 7.91. The van der Waals surface area contributed by atoms with Crippen molar-refractivity contribution in [1.82, 2.24) is 9.97 Å². The van der Waals surface area contributed by atoms with Crippen LogP contribution in [0.1, 0.15) is 17.0 Å². The van der Waals surface area contributed by atoms with Gasteiger partial charge < -0.3 is 9.57 Å². The Labute approximate surface area is 191 Å². The molecule has 13 heteroatoms. The molecule has 170 valence electrons. The minimum Gasteiger partial charge on any atom is -0.388 e. The third kappa shape index (κ3) is 6.63. The molecule has 2 aromatic heterocycles. The van der Waals surface area contributed by atoms with Crippen molar-refractivity contribution in [3.63, 3.8) is 0 Å². The highest BCUT2D eigenvalue weighted by Crippen LogP contribution is 2.18. The zero-order valence-electron chi connectivity index (χ0n) is 16.9. The topological polar surface area (TPSA) is 120 Å². The SMILES string of the molecule is COCCCS(=O)(=O)c1ccc(C(=NOCc2nccs2)C(=O)Nc2ncc(F)s2)cc1. The number of ether oxygens (including phenoxy) is 1. The standard InChI is InChI=1S/C19H19FN4O5S3/c1-28-8-2-10-32(26,27)14-5-3-13(4-6-14)17(24-29-12-16-21-7-9-30-16)18(25)23-19-22-11-15(20)31-19/h3-7,9,11H,2,8,10,12H2,1H3,(H,22,23,25). The summed E-state index contributed by atoms with van der Waals surface area (Å²) >= 11 is 2.03. The van der Waals surface area contributed by atoms with Crippen LogP contribution in [0.15, 0.2) is 52.1 Å². The van der Waals surface area contributed by atoms with E-state index in [0.29, 0.717) is 34.9 Å². The number of amides is 1. The van der Waals surface area contributed by atoms with Crippen LogP contribution in [0, 0.1) is 5.13 Å². The van der Waals surface area contributed by atoms with Crippen LogP contribution in [-0.2, 0) is 30.8 Å². The third-order valence-electron chi connectivity index (χ3n) is 3.99. The van der Waals surface area contributed by atoms with Gasteiger partial charge in [-0.3, -0.25) is 10.1 Å². The monoisotopic (exact) mass is 498 g/mol. The fourth-order valence-corrected chi connectivity index (χ4v) is 4.85. The number of nitrogens with one attached hydrogen (secondary N) is 1. The summed E-state index contributed by atoms with van der Waals surface area (Å²) in [5.41, 5.74) is 0.190.